The molecule has 1 heterocycles. The fourth-order valence-electron chi connectivity index (χ4n) is 3.26. The highest BCUT2D eigenvalue weighted by Crippen LogP contribution is 2.16. The fourth-order valence-corrected chi connectivity index (χ4v) is 3.26. The third-order valence-corrected chi connectivity index (χ3v) is 4.99. The van der Waals surface area contributed by atoms with Crippen molar-refractivity contribution in [1.29, 1.82) is 0 Å². The number of nitrogens with zero attached hydrogens (tertiary/aromatic N) is 5. The number of tetrazole rings is 1. The van der Waals surface area contributed by atoms with Crippen LogP contribution in [0.15, 0.2) is 54.6 Å². The summed E-state index contributed by atoms with van der Waals surface area (Å²) in [6, 6.07) is 17.2. The molecule has 3 rings (SSSR count). The van der Waals surface area contributed by atoms with E-state index in [0.29, 0.717) is 12.4 Å². The van der Waals surface area contributed by atoms with Crippen LogP contribution >= 0.6 is 0 Å². The zero-order chi connectivity index (χ0) is 21.9. The van der Waals surface area contributed by atoms with Crippen molar-refractivity contribution in [1.82, 2.24) is 25.1 Å². The number of carbonyl (C=O) groups is 1. The minimum absolute atomic E-state index is 0.0182. The number of amides is 1. The Hall–Kier alpha value is -3.26. The van der Waals surface area contributed by atoms with Gasteiger partial charge in [0.15, 0.2) is 0 Å². The number of ether oxygens (including phenoxy) is 1. The number of unbranched alkanes of at least 4 members (excludes halogenated alkanes) is 2. The van der Waals surface area contributed by atoms with E-state index in [1.54, 1.807) is 11.9 Å². The maximum atomic E-state index is 12.4. The molecule has 1 N–H and O–H groups in total. The number of aryl methyl sites for hydroxylation is 1. The Bertz CT molecular complexity index is 944. The van der Waals surface area contributed by atoms with E-state index in [0.717, 1.165) is 55.9 Å². The first kappa shape index (κ1) is 22.4. The standard InChI is InChI=1S/C23H30N6O2/c1-3-28(18-22(30)24-20-13-10-14-21(17-20)31-2)15-8-5-9-16-29-26-23(25-27-29)19-11-6-4-7-12-19/h4,6-7,10-14,17H,3,5,8-9,15-16,18H2,1-2H3,(H,24,30). The van der Waals surface area contributed by atoms with E-state index in [-0.39, 0.29) is 5.91 Å². The molecule has 3 aromatic rings. The molecule has 0 fully saturated rings. The van der Waals surface area contributed by atoms with Crippen molar-refractivity contribution in [2.24, 2.45) is 0 Å². The van der Waals surface area contributed by atoms with Gasteiger partial charge >= 0.3 is 0 Å². The number of carbonyl (C=O) groups excluding carboxylic acids is 1. The van der Waals surface area contributed by atoms with Gasteiger partial charge in [-0.05, 0) is 43.3 Å². The Balaban J connectivity index is 1.35. The van der Waals surface area contributed by atoms with Crippen molar-refractivity contribution in [2.45, 2.75) is 32.7 Å². The van der Waals surface area contributed by atoms with Crippen LogP contribution in [-0.4, -0.2) is 57.8 Å². The number of hydrogen-bond acceptors (Lipinski definition) is 6. The third-order valence-electron chi connectivity index (χ3n) is 4.99. The number of rotatable bonds is 12. The fraction of sp³-hybridized carbons (Fsp3) is 0.391. The first-order chi connectivity index (χ1) is 15.2. The first-order valence-corrected chi connectivity index (χ1v) is 10.7. The summed E-state index contributed by atoms with van der Waals surface area (Å²) in [6.45, 7) is 4.89. The summed E-state index contributed by atoms with van der Waals surface area (Å²) < 4.78 is 5.19. The van der Waals surface area contributed by atoms with Crippen LogP contribution in [0.5, 0.6) is 5.75 Å². The molecule has 1 amide bonds. The van der Waals surface area contributed by atoms with E-state index in [1.165, 1.54) is 0 Å². The normalized spacial score (nSPS) is 10.9. The van der Waals surface area contributed by atoms with E-state index < -0.39 is 0 Å². The van der Waals surface area contributed by atoms with Gasteiger partial charge in [0, 0.05) is 17.3 Å². The lowest BCUT2D eigenvalue weighted by molar-refractivity contribution is -0.117. The van der Waals surface area contributed by atoms with Gasteiger partial charge in [-0.3, -0.25) is 9.69 Å². The van der Waals surface area contributed by atoms with Crippen molar-refractivity contribution in [2.75, 3.05) is 32.1 Å². The molecule has 0 spiro atoms. The SMILES string of the molecule is CCN(CCCCCn1nnc(-c2ccccc2)n1)CC(=O)Nc1cccc(OC)c1. The molecule has 0 atom stereocenters. The van der Waals surface area contributed by atoms with Crippen molar-refractivity contribution in [3.63, 3.8) is 0 Å². The van der Waals surface area contributed by atoms with Crippen LogP contribution in [0.3, 0.4) is 0 Å². The highest BCUT2D eigenvalue weighted by atomic mass is 16.5. The molecule has 0 saturated heterocycles. The summed E-state index contributed by atoms with van der Waals surface area (Å²) in [5.41, 5.74) is 1.72. The second kappa shape index (κ2) is 11.8. The lowest BCUT2D eigenvalue weighted by Gasteiger charge is -2.19. The van der Waals surface area contributed by atoms with Gasteiger partial charge in [0.25, 0.3) is 0 Å². The van der Waals surface area contributed by atoms with Gasteiger partial charge < -0.3 is 10.1 Å². The van der Waals surface area contributed by atoms with E-state index >= 15 is 0 Å². The zero-order valence-corrected chi connectivity index (χ0v) is 18.2. The van der Waals surface area contributed by atoms with Gasteiger partial charge in [0.05, 0.1) is 20.2 Å². The third kappa shape index (κ3) is 7.18. The predicted molar refractivity (Wildman–Crippen MR) is 121 cm³/mol. The highest BCUT2D eigenvalue weighted by molar-refractivity contribution is 5.92. The summed E-state index contributed by atoms with van der Waals surface area (Å²) in [5, 5.41) is 15.6. The van der Waals surface area contributed by atoms with Gasteiger partial charge in [0.1, 0.15) is 5.75 Å². The Morgan fingerprint density at radius 3 is 2.71 bits per heavy atom. The molecule has 0 radical (unpaired) electrons. The summed E-state index contributed by atoms with van der Waals surface area (Å²) >= 11 is 0. The maximum Gasteiger partial charge on any atom is 0.238 e. The van der Waals surface area contributed by atoms with E-state index in [2.05, 4.69) is 32.6 Å². The van der Waals surface area contributed by atoms with Crippen molar-refractivity contribution in [3.05, 3.63) is 54.6 Å². The second-order valence-electron chi connectivity index (χ2n) is 7.28. The second-order valence-corrected chi connectivity index (χ2v) is 7.28. The average molecular weight is 423 g/mol. The molecule has 0 unspecified atom stereocenters. The molecular formula is C23H30N6O2. The van der Waals surface area contributed by atoms with Crippen LogP contribution < -0.4 is 10.1 Å². The number of nitrogens with one attached hydrogen (secondary N) is 1. The summed E-state index contributed by atoms with van der Waals surface area (Å²) in [4.78, 5) is 16.2. The summed E-state index contributed by atoms with van der Waals surface area (Å²) in [6.07, 6.45) is 3.02. The number of aromatic nitrogens is 4. The van der Waals surface area contributed by atoms with E-state index in [1.807, 2.05) is 54.6 Å². The lowest BCUT2D eigenvalue weighted by Crippen LogP contribution is -2.33. The van der Waals surface area contributed by atoms with Crippen LogP contribution in [0, 0.1) is 0 Å². The summed E-state index contributed by atoms with van der Waals surface area (Å²) in [7, 11) is 1.61. The first-order valence-electron chi connectivity index (χ1n) is 10.7. The molecule has 0 aliphatic carbocycles. The molecule has 8 nitrogen and oxygen atoms in total. The van der Waals surface area contributed by atoms with Crippen molar-refractivity contribution < 1.29 is 9.53 Å². The van der Waals surface area contributed by atoms with Crippen LogP contribution in [0.4, 0.5) is 5.69 Å². The smallest absolute Gasteiger partial charge is 0.238 e. The molecular weight excluding hydrogens is 392 g/mol. The molecule has 0 aliphatic heterocycles. The van der Waals surface area contributed by atoms with E-state index in [4.69, 9.17) is 4.74 Å². The number of methoxy groups -OCH3 is 1. The molecule has 2 aromatic carbocycles. The molecule has 1 aromatic heterocycles. The van der Waals surface area contributed by atoms with Gasteiger partial charge in [-0.2, -0.15) is 4.80 Å². The summed E-state index contributed by atoms with van der Waals surface area (Å²) in [5.74, 6) is 1.36. The molecule has 31 heavy (non-hydrogen) atoms. The average Bonchev–Trinajstić information content (AvgIpc) is 3.27. The van der Waals surface area contributed by atoms with Crippen LogP contribution in [-0.2, 0) is 11.3 Å². The molecule has 8 heteroatoms. The molecule has 164 valence electrons. The van der Waals surface area contributed by atoms with Crippen LogP contribution in [0.2, 0.25) is 0 Å². The number of anilines is 1. The zero-order valence-electron chi connectivity index (χ0n) is 18.2. The van der Waals surface area contributed by atoms with E-state index in [9.17, 15) is 4.79 Å². The van der Waals surface area contributed by atoms with Crippen LogP contribution in [0.1, 0.15) is 26.2 Å². The van der Waals surface area contributed by atoms with Crippen LogP contribution in [0.25, 0.3) is 11.4 Å². The largest absolute Gasteiger partial charge is 0.497 e. The van der Waals surface area contributed by atoms with Gasteiger partial charge in [-0.1, -0.05) is 49.7 Å². The number of hydrogen-bond donors (Lipinski definition) is 1. The predicted octanol–water partition coefficient (Wildman–Crippen LogP) is 3.48. The molecule has 0 saturated carbocycles. The van der Waals surface area contributed by atoms with Crippen molar-refractivity contribution >= 4 is 11.6 Å². The van der Waals surface area contributed by atoms with Gasteiger partial charge in [-0.25, -0.2) is 0 Å². The number of benzene rings is 2. The molecule has 0 aliphatic rings. The Kier molecular flexibility index (Phi) is 8.54. The monoisotopic (exact) mass is 422 g/mol. The Morgan fingerprint density at radius 1 is 1.10 bits per heavy atom. The highest BCUT2D eigenvalue weighted by Gasteiger charge is 2.10. The quantitative estimate of drug-likeness (QED) is 0.450. The maximum absolute atomic E-state index is 12.4. The Labute approximate surface area is 183 Å². The van der Waals surface area contributed by atoms with Gasteiger partial charge in [0.2, 0.25) is 11.7 Å². The van der Waals surface area contributed by atoms with Crippen molar-refractivity contribution in [3.8, 4) is 17.1 Å². The Morgan fingerprint density at radius 2 is 1.94 bits per heavy atom. The minimum atomic E-state index is -0.0182. The lowest BCUT2D eigenvalue weighted by atomic mass is 10.2. The van der Waals surface area contributed by atoms with Gasteiger partial charge in [-0.15, -0.1) is 10.2 Å². The topological polar surface area (TPSA) is 85.2 Å². The minimum Gasteiger partial charge on any atom is -0.497 e. The number of likely N-dealkylation sites (N-methyl/N-ethyl adjacent to an activating group) is 1. The molecule has 0 bridgehead atoms.